The first-order chi connectivity index (χ1) is 9.49. The van der Waals surface area contributed by atoms with Crippen LogP contribution in [0.1, 0.15) is 26.3 Å². The number of nitrogen functional groups attached to an aromatic ring is 1. The van der Waals surface area contributed by atoms with Gasteiger partial charge in [-0.2, -0.15) is 0 Å². The van der Waals surface area contributed by atoms with E-state index in [1.54, 1.807) is 30.3 Å². The second-order valence-corrected chi connectivity index (χ2v) is 5.09. The van der Waals surface area contributed by atoms with Crippen LogP contribution in [0, 0.1) is 6.92 Å². The molecule has 0 fully saturated rings. The second kappa shape index (κ2) is 4.35. The van der Waals surface area contributed by atoms with Gasteiger partial charge in [0.1, 0.15) is 0 Å². The maximum atomic E-state index is 12.4. The average molecular weight is 287 g/mol. The van der Waals surface area contributed by atoms with Gasteiger partial charge in [0.2, 0.25) is 0 Å². The van der Waals surface area contributed by atoms with Crippen molar-refractivity contribution in [1.29, 1.82) is 0 Å². The molecule has 4 nitrogen and oxygen atoms in total. The minimum atomic E-state index is -0.378. The number of amides is 2. The third kappa shape index (κ3) is 1.77. The molecule has 0 saturated carbocycles. The zero-order valence-corrected chi connectivity index (χ0v) is 11.4. The van der Waals surface area contributed by atoms with Gasteiger partial charge in [0.15, 0.2) is 0 Å². The van der Waals surface area contributed by atoms with E-state index in [9.17, 15) is 9.59 Å². The molecule has 5 heteroatoms. The number of halogens is 1. The van der Waals surface area contributed by atoms with Crippen LogP contribution in [0.2, 0.25) is 5.02 Å². The minimum absolute atomic E-state index is 0.326. The Morgan fingerprint density at radius 1 is 1.00 bits per heavy atom. The van der Waals surface area contributed by atoms with Gasteiger partial charge in [-0.3, -0.25) is 9.59 Å². The molecule has 0 saturated heterocycles. The van der Waals surface area contributed by atoms with Gasteiger partial charge in [-0.05, 0) is 42.8 Å². The monoisotopic (exact) mass is 286 g/mol. The molecule has 100 valence electrons. The number of nitrogens with zero attached hydrogens (tertiary/aromatic N) is 1. The molecule has 0 aliphatic carbocycles. The van der Waals surface area contributed by atoms with Crippen molar-refractivity contribution in [3.63, 3.8) is 0 Å². The molecule has 0 aromatic heterocycles. The molecular formula is C15H11ClN2O2. The molecule has 0 radical (unpaired) electrons. The van der Waals surface area contributed by atoms with Gasteiger partial charge in [0.25, 0.3) is 11.8 Å². The quantitative estimate of drug-likeness (QED) is 0.647. The SMILES string of the molecule is Cc1ccc(N2C(=O)c3ccc(N)cc3C2=O)cc1Cl. The lowest BCUT2D eigenvalue weighted by Crippen LogP contribution is -2.29. The summed E-state index contributed by atoms with van der Waals surface area (Å²) >= 11 is 6.05. The summed E-state index contributed by atoms with van der Waals surface area (Å²) < 4.78 is 0. The Labute approximate surface area is 120 Å². The standard InChI is InChI=1S/C15H11ClN2O2/c1-8-2-4-10(7-13(8)16)18-14(19)11-5-3-9(17)6-12(11)15(18)20/h2-7H,17H2,1H3. The van der Waals surface area contributed by atoms with Crippen molar-refractivity contribution in [2.24, 2.45) is 0 Å². The van der Waals surface area contributed by atoms with Crippen molar-refractivity contribution in [3.8, 4) is 0 Å². The highest BCUT2D eigenvalue weighted by atomic mass is 35.5. The van der Waals surface area contributed by atoms with Gasteiger partial charge in [0, 0.05) is 10.7 Å². The summed E-state index contributed by atoms with van der Waals surface area (Å²) in [5.41, 5.74) is 8.15. The summed E-state index contributed by atoms with van der Waals surface area (Å²) in [6, 6.07) is 9.78. The molecule has 2 aromatic rings. The Morgan fingerprint density at radius 3 is 2.40 bits per heavy atom. The van der Waals surface area contributed by atoms with Crippen molar-refractivity contribution in [2.75, 3.05) is 10.6 Å². The van der Waals surface area contributed by atoms with Gasteiger partial charge in [-0.1, -0.05) is 17.7 Å². The zero-order valence-electron chi connectivity index (χ0n) is 10.7. The first-order valence-corrected chi connectivity index (χ1v) is 6.41. The fourth-order valence-electron chi connectivity index (χ4n) is 2.21. The number of carbonyl (C=O) groups excluding carboxylic acids is 2. The van der Waals surface area contributed by atoms with Crippen LogP contribution in [-0.4, -0.2) is 11.8 Å². The van der Waals surface area contributed by atoms with Crippen molar-refractivity contribution in [3.05, 3.63) is 58.1 Å². The Morgan fingerprint density at radius 2 is 1.70 bits per heavy atom. The van der Waals surface area contributed by atoms with Crippen LogP contribution in [0.5, 0.6) is 0 Å². The summed E-state index contributed by atoms with van der Waals surface area (Å²) in [5, 5.41) is 0.513. The van der Waals surface area contributed by atoms with Crippen molar-refractivity contribution in [1.82, 2.24) is 0 Å². The first kappa shape index (κ1) is 12.7. The number of anilines is 2. The average Bonchev–Trinajstić information content (AvgIpc) is 2.65. The minimum Gasteiger partial charge on any atom is -0.399 e. The number of hydrogen-bond donors (Lipinski definition) is 1. The Bertz CT molecular complexity index is 756. The van der Waals surface area contributed by atoms with Crippen molar-refractivity contribution >= 4 is 34.8 Å². The number of hydrogen-bond acceptors (Lipinski definition) is 3. The number of nitrogens with two attached hydrogens (primary N) is 1. The molecule has 1 aliphatic heterocycles. The predicted octanol–water partition coefficient (Wildman–Crippen LogP) is 3.03. The summed E-state index contributed by atoms with van der Waals surface area (Å²) in [6.45, 7) is 1.86. The van der Waals surface area contributed by atoms with Gasteiger partial charge in [-0.15, -0.1) is 0 Å². The van der Waals surface area contributed by atoms with Crippen LogP contribution in [0.4, 0.5) is 11.4 Å². The second-order valence-electron chi connectivity index (χ2n) is 4.68. The lowest BCUT2D eigenvalue weighted by Gasteiger charge is -2.14. The van der Waals surface area contributed by atoms with Gasteiger partial charge in [-0.25, -0.2) is 4.90 Å². The van der Waals surface area contributed by atoms with E-state index in [0.717, 1.165) is 10.5 Å². The smallest absolute Gasteiger partial charge is 0.266 e. The van der Waals surface area contributed by atoms with Crippen LogP contribution < -0.4 is 10.6 Å². The number of aryl methyl sites for hydroxylation is 1. The Balaban J connectivity index is 2.11. The highest BCUT2D eigenvalue weighted by molar-refractivity contribution is 6.36. The Hall–Kier alpha value is -2.33. The number of imide groups is 1. The van der Waals surface area contributed by atoms with E-state index in [-0.39, 0.29) is 11.8 Å². The molecule has 0 unspecified atom stereocenters. The molecule has 0 spiro atoms. The molecule has 20 heavy (non-hydrogen) atoms. The summed E-state index contributed by atoms with van der Waals surface area (Å²) in [7, 11) is 0. The molecule has 0 bridgehead atoms. The molecule has 2 amide bonds. The number of benzene rings is 2. The summed E-state index contributed by atoms with van der Waals surface area (Å²) in [5.74, 6) is -0.734. The maximum Gasteiger partial charge on any atom is 0.266 e. The van der Waals surface area contributed by atoms with Gasteiger partial charge < -0.3 is 5.73 Å². The van der Waals surface area contributed by atoms with Crippen LogP contribution in [0.15, 0.2) is 36.4 Å². The van der Waals surface area contributed by atoms with Gasteiger partial charge in [0.05, 0.1) is 16.8 Å². The highest BCUT2D eigenvalue weighted by Gasteiger charge is 2.36. The normalized spacial score (nSPS) is 13.8. The maximum absolute atomic E-state index is 12.4. The molecule has 2 N–H and O–H groups in total. The van der Waals surface area contributed by atoms with Crippen molar-refractivity contribution < 1.29 is 9.59 Å². The van der Waals surface area contributed by atoms with E-state index in [1.165, 1.54) is 6.07 Å². The lowest BCUT2D eigenvalue weighted by molar-refractivity contribution is 0.0926. The van der Waals surface area contributed by atoms with E-state index in [4.69, 9.17) is 17.3 Å². The molecule has 3 rings (SSSR count). The molecule has 0 atom stereocenters. The first-order valence-electron chi connectivity index (χ1n) is 6.03. The fourth-order valence-corrected chi connectivity index (χ4v) is 2.39. The number of rotatable bonds is 1. The van der Waals surface area contributed by atoms with E-state index in [2.05, 4.69) is 0 Å². The van der Waals surface area contributed by atoms with E-state index in [1.807, 2.05) is 6.92 Å². The lowest BCUT2D eigenvalue weighted by atomic mass is 10.1. The Kier molecular flexibility index (Phi) is 2.76. The molecule has 1 heterocycles. The number of fused-ring (bicyclic) bond motifs is 1. The molecular weight excluding hydrogens is 276 g/mol. The van der Waals surface area contributed by atoms with Crippen LogP contribution in [0.3, 0.4) is 0 Å². The van der Waals surface area contributed by atoms with Crippen LogP contribution >= 0.6 is 11.6 Å². The fraction of sp³-hybridized carbons (Fsp3) is 0.0667. The predicted molar refractivity (Wildman–Crippen MR) is 78.2 cm³/mol. The van der Waals surface area contributed by atoms with E-state index in [0.29, 0.717) is 27.5 Å². The molecule has 2 aromatic carbocycles. The van der Waals surface area contributed by atoms with E-state index >= 15 is 0 Å². The third-order valence-electron chi connectivity index (χ3n) is 3.32. The zero-order chi connectivity index (χ0) is 14.4. The topological polar surface area (TPSA) is 63.4 Å². The molecule has 1 aliphatic rings. The highest BCUT2D eigenvalue weighted by Crippen LogP contribution is 2.31. The largest absolute Gasteiger partial charge is 0.399 e. The summed E-state index contributed by atoms with van der Waals surface area (Å²) in [6.07, 6.45) is 0. The van der Waals surface area contributed by atoms with E-state index < -0.39 is 0 Å². The number of carbonyl (C=O) groups is 2. The van der Waals surface area contributed by atoms with Crippen LogP contribution in [0.25, 0.3) is 0 Å². The third-order valence-corrected chi connectivity index (χ3v) is 3.73. The van der Waals surface area contributed by atoms with Crippen molar-refractivity contribution in [2.45, 2.75) is 6.92 Å². The van der Waals surface area contributed by atoms with Gasteiger partial charge >= 0.3 is 0 Å². The summed E-state index contributed by atoms with van der Waals surface area (Å²) in [4.78, 5) is 25.8. The van der Waals surface area contributed by atoms with Crippen LogP contribution in [-0.2, 0) is 0 Å².